The smallest absolute Gasteiger partial charge is 0.115 e. The van der Waals surface area contributed by atoms with E-state index < -0.39 is 0 Å². The fourth-order valence-corrected chi connectivity index (χ4v) is 1.73. The normalized spacial score (nSPS) is 10.5. The van der Waals surface area contributed by atoms with Crippen LogP contribution in [-0.2, 0) is 6.42 Å². The van der Waals surface area contributed by atoms with Crippen LogP contribution >= 0.6 is 0 Å². The molecular formula is C12H14N2O. The first kappa shape index (κ1) is 9.77. The quantitative estimate of drug-likeness (QED) is 0.812. The van der Waals surface area contributed by atoms with E-state index in [-0.39, 0.29) is 0 Å². The van der Waals surface area contributed by atoms with E-state index in [9.17, 15) is 5.11 Å². The highest BCUT2D eigenvalue weighted by Gasteiger charge is 2.05. The third kappa shape index (κ3) is 1.73. The molecule has 0 aliphatic rings. The van der Waals surface area contributed by atoms with Crippen LogP contribution in [0.2, 0.25) is 0 Å². The Bertz CT molecular complexity index is 474. The Kier molecular flexibility index (Phi) is 2.46. The van der Waals surface area contributed by atoms with Gasteiger partial charge in [0.1, 0.15) is 11.6 Å². The Labute approximate surface area is 89.0 Å². The molecule has 0 unspecified atom stereocenters. The Morgan fingerprint density at radius 2 is 2.20 bits per heavy atom. The summed E-state index contributed by atoms with van der Waals surface area (Å²) in [7, 11) is 0. The van der Waals surface area contributed by atoms with Crippen LogP contribution in [0.4, 0.5) is 0 Å². The molecule has 0 aliphatic heterocycles. The molecule has 1 N–H and O–H groups in total. The molecule has 0 saturated carbocycles. The number of rotatable bonds is 2. The van der Waals surface area contributed by atoms with E-state index in [2.05, 4.69) is 16.5 Å². The van der Waals surface area contributed by atoms with Gasteiger partial charge in [-0.1, -0.05) is 6.92 Å². The number of aromatic hydroxyl groups is 1. The van der Waals surface area contributed by atoms with E-state index in [0.29, 0.717) is 5.75 Å². The first-order chi connectivity index (χ1) is 7.22. The summed E-state index contributed by atoms with van der Waals surface area (Å²) in [5, 5.41) is 9.34. The van der Waals surface area contributed by atoms with Gasteiger partial charge in [0.15, 0.2) is 0 Å². The molecule has 0 atom stereocenters. The van der Waals surface area contributed by atoms with Crippen molar-refractivity contribution in [2.24, 2.45) is 0 Å². The lowest BCUT2D eigenvalue weighted by Crippen LogP contribution is -2.00. The van der Waals surface area contributed by atoms with E-state index >= 15 is 0 Å². The number of hydrogen-bond donors (Lipinski definition) is 1. The zero-order valence-corrected chi connectivity index (χ0v) is 8.94. The number of aromatic nitrogens is 2. The van der Waals surface area contributed by atoms with Gasteiger partial charge in [0.2, 0.25) is 0 Å². The van der Waals surface area contributed by atoms with Gasteiger partial charge in [-0.05, 0) is 30.7 Å². The molecule has 3 nitrogen and oxygen atoms in total. The molecule has 0 bridgehead atoms. The zero-order valence-electron chi connectivity index (χ0n) is 8.94. The maximum absolute atomic E-state index is 9.34. The van der Waals surface area contributed by atoms with E-state index in [0.717, 1.165) is 23.5 Å². The van der Waals surface area contributed by atoms with Crippen LogP contribution in [0.25, 0.3) is 5.69 Å². The number of hydrogen-bond acceptors (Lipinski definition) is 2. The summed E-state index contributed by atoms with van der Waals surface area (Å²) in [6.07, 6.45) is 4.64. The first-order valence-corrected chi connectivity index (χ1v) is 5.04. The van der Waals surface area contributed by atoms with Crippen molar-refractivity contribution in [2.45, 2.75) is 20.3 Å². The topological polar surface area (TPSA) is 38.0 Å². The first-order valence-electron chi connectivity index (χ1n) is 5.04. The number of phenolic OH excluding ortho intramolecular Hbond substituents is 1. The van der Waals surface area contributed by atoms with E-state index in [1.807, 2.05) is 19.2 Å². The van der Waals surface area contributed by atoms with Crippen LogP contribution in [-0.4, -0.2) is 14.7 Å². The predicted molar refractivity (Wildman–Crippen MR) is 59.3 cm³/mol. The van der Waals surface area contributed by atoms with Crippen LogP contribution < -0.4 is 0 Å². The minimum absolute atomic E-state index is 0.300. The maximum atomic E-state index is 9.34. The molecule has 3 heteroatoms. The van der Waals surface area contributed by atoms with Gasteiger partial charge >= 0.3 is 0 Å². The van der Waals surface area contributed by atoms with Crippen LogP contribution in [0, 0.1) is 6.92 Å². The van der Waals surface area contributed by atoms with Crippen molar-refractivity contribution in [3.05, 3.63) is 42.0 Å². The summed E-state index contributed by atoms with van der Waals surface area (Å²) in [4.78, 5) is 4.28. The number of aryl methyl sites for hydroxylation is 2. The third-order valence-electron chi connectivity index (χ3n) is 2.47. The fraction of sp³-hybridized carbons (Fsp3) is 0.250. The van der Waals surface area contributed by atoms with Crippen LogP contribution in [0.1, 0.15) is 18.3 Å². The van der Waals surface area contributed by atoms with Gasteiger partial charge in [-0.3, -0.25) is 0 Å². The largest absolute Gasteiger partial charge is 0.508 e. The molecule has 0 fully saturated rings. The molecule has 0 saturated heterocycles. The fourth-order valence-electron chi connectivity index (χ4n) is 1.73. The van der Waals surface area contributed by atoms with Crippen LogP contribution in [0.3, 0.4) is 0 Å². The lowest BCUT2D eigenvalue weighted by atomic mass is 10.2. The van der Waals surface area contributed by atoms with Gasteiger partial charge in [-0.25, -0.2) is 4.98 Å². The molecule has 1 aromatic carbocycles. The lowest BCUT2D eigenvalue weighted by molar-refractivity contribution is 0.474. The summed E-state index contributed by atoms with van der Waals surface area (Å²) < 4.78 is 2.05. The summed E-state index contributed by atoms with van der Waals surface area (Å²) in [6, 6.07) is 5.36. The van der Waals surface area contributed by atoms with Gasteiger partial charge in [0.05, 0.1) is 0 Å². The van der Waals surface area contributed by atoms with E-state index in [1.54, 1.807) is 18.3 Å². The highest BCUT2D eigenvalue weighted by molar-refractivity contribution is 5.45. The Morgan fingerprint density at radius 3 is 2.87 bits per heavy atom. The van der Waals surface area contributed by atoms with Gasteiger partial charge in [-0.15, -0.1) is 0 Å². The second kappa shape index (κ2) is 3.77. The molecule has 0 radical (unpaired) electrons. The molecule has 78 valence electrons. The van der Waals surface area contributed by atoms with Crippen molar-refractivity contribution >= 4 is 0 Å². The van der Waals surface area contributed by atoms with Gasteiger partial charge in [0.25, 0.3) is 0 Å². The van der Waals surface area contributed by atoms with Crippen LogP contribution in [0.5, 0.6) is 5.75 Å². The van der Waals surface area contributed by atoms with E-state index in [4.69, 9.17) is 0 Å². The molecule has 1 heterocycles. The van der Waals surface area contributed by atoms with Gasteiger partial charge in [-0.2, -0.15) is 0 Å². The third-order valence-corrected chi connectivity index (χ3v) is 2.47. The standard InChI is InChI=1S/C12H14N2O/c1-3-12-13-6-7-14(12)11-5-4-10(15)8-9(11)2/h4-8,15H,3H2,1-2H3. The maximum Gasteiger partial charge on any atom is 0.115 e. The number of benzene rings is 1. The summed E-state index contributed by atoms with van der Waals surface area (Å²) in [5.74, 6) is 1.33. The second-order valence-electron chi connectivity index (χ2n) is 3.54. The highest BCUT2D eigenvalue weighted by atomic mass is 16.3. The Morgan fingerprint density at radius 1 is 1.40 bits per heavy atom. The Hall–Kier alpha value is -1.77. The molecule has 1 aromatic heterocycles. The van der Waals surface area contributed by atoms with Crippen LogP contribution in [0.15, 0.2) is 30.6 Å². The monoisotopic (exact) mass is 202 g/mol. The molecule has 0 amide bonds. The number of imidazole rings is 1. The average molecular weight is 202 g/mol. The average Bonchev–Trinajstić information content (AvgIpc) is 2.65. The molecule has 2 aromatic rings. The minimum Gasteiger partial charge on any atom is -0.508 e. The molecular weight excluding hydrogens is 188 g/mol. The van der Waals surface area contributed by atoms with Crippen molar-refractivity contribution < 1.29 is 5.11 Å². The predicted octanol–water partition coefficient (Wildman–Crippen LogP) is 2.45. The lowest BCUT2D eigenvalue weighted by Gasteiger charge is -2.09. The molecule has 2 rings (SSSR count). The zero-order chi connectivity index (χ0) is 10.8. The summed E-state index contributed by atoms with van der Waals surface area (Å²) in [5.41, 5.74) is 2.12. The van der Waals surface area contributed by atoms with Crippen molar-refractivity contribution in [3.8, 4) is 11.4 Å². The SMILES string of the molecule is CCc1nccn1-c1ccc(O)cc1C. The molecule has 15 heavy (non-hydrogen) atoms. The number of phenols is 1. The van der Waals surface area contributed by atoms with Gasteiger partial charge in [0, 0.05) is 24.5 Å². The highest BCUT2D eigenvalue weighted by Crippen LogP contribution is 2.20. The van der Waals surface area contributed by atoms with Crippen molar-refractivity contribution in [1.29, 1.82) is 0 Å². The van der Waals surface area contributed by atoms with Crippen molar-refractivity contribution in [3.63, 3.8) is 0 Å². The second-order valence-corrected chi connectivity index (χ2v) is 3.54. The number of nitrogens with zero attached hydrogens (tertiary/aromatic N) is 2. The summed E-state index contributed by atoms with van der Waals surface area (Å²) >= 11 is 0. The molecule has 0 aliphatic carbocycles. The summed E-state index contributed by atoms with van der Waals surface area (Å²) in [6.45, 7) is 4.06. The van der Waals surface area contributed by atoms with E-state index in [1.165, 1.54) is 0 Å². The Balaban J connectivity index is 2.54. The van der Waals surface area contributed by atoms with Crippen molar-refractivity contribution in [2.75, 3.05) is 0 Å². The van der Waals surface area contributed by atoms with Gasteiger partial charge < -0.3 is 9.67 Å². The minimum atomic E-state index is 0.300. The molecule has 0 spiro atoms. The van der Waals surface area contributed by atoms with Crippen molar-refractivity contribution in [1.82, 2.24) is 9.55 Å².